The van der Waals surface area contributed by atoms with Gasteiger partial charge in [0.15, 0.2) is 0 Å². The van der Waals surface area contributed by atoms with E-state index in [-0.39, 0.29) is 24.8 Å². The van der Waals surface area contributed by atoms with E-state index in [2.05, 4.69) is 15.2 Å². The third-order valence-electron chi connectivity index (χ3n) is 3.78. The molecule has 0 aliphatic carbocycles. The molecule has 8 heteroatoms. The molecule has 0 radical (unpaired) electrons. The molecule has 0 aromatic carbocycles. The molecule has 0 spiro atoms. The van der Waals surface area contributed by atoms with Gasteiger partial charge < -0.3 is 14.4 Å². The van der Waals surface area contributed by atoms with E-state index in [4.69, 9.17) is 9.52 Å². The molecule has 3 heterocycles. The molecule has 1 amide bonds. The average molecular weight is 316 g/mol. The highest BCUT2D eigenvalue weighted by Gasteiger charge is 2.33. The summed E-state index contributed by atoms with van der Waals surface area (Å²) in [5.41, 5.74) is 0.764. The lowest BCUT2D eigenvalue weighted by Crippen LogP contribution is -2.30. The minimum absolute atomic E-state index is 0.0167. The summed E-state index contributed by atoms with van der Waals surface area (Å²) in [6.45, 7) is 0.579. The van der Waals surface area contributed by atoms with Crippen molar-refractivity contribution in [2.24, 2.45) is 0 Å². The third kappa shape index (κ3) is 3.36. The number of rotatable bonds is 5. The molecule has 0 bridgehead atoms. The van der Waals surface area contributed by atoms with Crippen LogP contribution in [-0.2, 0) is 9.59 Å². The number of aromatic nitrogens is 3. The van der Waals surface area contributed by atoms with Crippen molar-refractivity contribution < 1.29 is 19.1 Å². The lowest BCUT2D eigenvalue weighted by atomic mass is 10.2. The fourth-order valence-corrected chi connectivity index (χ4v) is 2.66. The molecule has 0 saturated carbocycles. The minimum atomic E-state index is -0.980. The SMILES string of the molecule is O=C(O)CCC(=O)N1CCCC1c1nnc(-c2ccncc2)o1. The van der Waals surface area contributed by atoms with E-state index >= 15 is 0 Å². The highest BCUT2D eigenvalue weighted by Crippen LogP contribution is 2.33. The second kappa shape index (κ2) is 6.55. The largest absolute Gasteiger partial charge is 0.481 e. The van der Waals surface area contributed by atoms with Crippen molar-refractivity contribution in [2.75, 3.05) is 6.54 Å². The van der Waals surface area contributed by atoms with Crippen LogP contribution in [-0.4, -0.2) is 43.6 Å². The summed E-state index contributed by atoms with van der Waals surface area (Å²) in [7, 11) is 0. The van der Waals surface area contributed by atoms with E-state index in [9.17, 15) is 9.59 Å². The van der Waals surface area contributed by atoms with Gasteiger partial charge in [-0.1, -0.05) is 0 Å². The summed E-state index contributed by atoms with van der Waals surface area (Å²) in [5, 5.41) is 16.8. The van der Waals surface area contributed by atoms with Crippen molar-refractivity contribution in [1.82, 2.24) is 20.1 Å². The van der Waals surface area contributed by atoms with Gasteiger partial charge in [-0.3, -0.25) is 14.6 Å². The Balaban J connectivity index is 1.74. The number of hydrogen-bond donors (Lipinski definition) is 1. The number of pyridine rings is 1. The molecule has 1 atom stereocenters. The summed E-state index contributed by atoms with van der Waals surface area (Å²) < 4.78 is 5.70. The number of likely N-dealkylation sites (tertiary alicyclic amines) is 1. The van der Waals surface area contributed by atoms with Crippen LogP contribution in [0.4, 0.5) is 0 Å². The Morgan fingerprint density at radius 2 is 2.04 bits per heavy atom. The van der Waals surface area contributed by atoms with Crippen molar-refractivity contribution in [2.45, 2.75) is 31.7 Å². The number of carbonyl (C=O) groups is 2. The zero-order chi connectivity index (χ0) is 16.2. The van der Waals surface area contributed by atoms with E-state index < -0.39 is 5.97 Å². The first-order valence-electron chi connectivity index (χ1n) is 7.40. The highest BCUT2D eigenvalue weighted by molar-refractivity contribution is 5.81. The first-order valence-corrected chi connectivity index (χ1v) is 7.40. The molecule has 2 aromatic rings. The standard InChI is InChI=1S/C15H16N4O4/c20-12(3-4-13(21)22)19-9-1-2-11(19)15-18-17-14(23-15)10-5-7-16-8-6-10/h5-8,11H,1-4,9H2,(H,21,22). The molecule has 120 valence electrons. The lowest BCUT2D eigenvalue weighted by molar-refractivity contribution is -0.141. The zero-order valence-corrected chi connectivity index (χ0v) is 12.4. The number of carboxylic acids is 1. The van der Waals surface area contributed by atoms with Gasteiger partial charge in [0.05, 0.1) is 6.42 Å². The van der Waals surface area contributed by atoms with Crippen LogP contribution in [0, 0.1) is 0 Å². The van der Waals surface area contributed by atoms with Crippen molar-refractivity contribution >= 4 is 11.9 Å². The van der Waals surface area contributed by atoms with Gasteiger partial charge in [0.25, 0.3) is 0 Å². The second-order valence-electron chi connectivity index (χ2n) is 5.32. The first-order chi connectivity index (χ1) is 11.1. The fraction of sp³-hybridized carbons (Fsp3) is 0.400. The van der Waals surface area contributed by atoms with Crippen LogP contribution in [0.5, 0.6) is 0 Å². The normalized spacial score (nSPS) is 17.4. The van der Waals surface area contributed by atoms with Crippen LogP contribution >= 0.6 is 0 Å². The first kappa shape index (κ1) is 15.1. The highest BCUT2D eigenvalue weighted by atomic mass is 16.4. The van der Waals surface area contributed by atoms with Gasteiger partial charge in [-0.25, -0.2) is 0 Å². The lowest BCUT2D eigenvalue weighted by Gasteiger charge is -2.21. The topological polar surface area (TPSA) is 109 Å². The van der Waals surface area contributed by atoms with Gasteiger partial charge >= 0.3 is 5.97 Å². The average Bonchev–Trinajstić information content (AvgIpc) is 3.22. The van der Waals surface area contributed by atoms with Gasteiger partial charge in [-0.15, -0.1) is 10.2 Å². The van der Waals surface area contributed by atoms with Crippen molar-refractivity contribution in [3.63, 3.8) is 0 Å². The molecule has 1 aliphatic rings. The molecular formula is C15H16N4O4. The van der Waals surface area contributed by atoms with Crippen LogP contribution in [0.2, 0.25) is 0 Å². The van der Waals surface area contributed by atoms with Gasteiger partial charge in [-0.05, 0) is 25.0 Å². The Bertz CT molecular complexity index is 701. The van der Waals surface area contributed by atoms with Crippen LogP contribution in [0.15, 0.2) is 28.9 Å². The van der Waals surface area contributed by atoms with Gasteiger partial charge in [0.1, 0.15) is 6.04 Å². The van der Waals surface area contributed by atoms with Gasteiger partial charge in [0.2, 0.25) is 17.7 Å². The predicted octanol–water partition coefficient (Wildman–Crippen LogP) is 1.66. The third-order valence-corrected chi connectivity index (χ3v) is 3.78. The molecular weight excluding hydrogens is 300 g/mol. The van der Waals surface area contributed by atoms with E-state index in [1.807, 2.05) is 0 Å². The maximum Gasteiger partial charge on any atom is 0.303 e. The molecule has 1 aliphatic heterocycles. The molecule has 1 N–H and O–H groups in total. The molecule has 1 fully saturated rings. The summed E-state index contributed by atoms with van der Waals surface area (Å²) in [6, 6.07) is 3.25. The maximum absolute atomic E-state index is 12.2. The van der Waals surface area contributed by atoms with E-state index in [0.717, 1.165) is 18.4 Å². The quantitative estimate of drug-likeness (QED) is 0.893. The maximum atomic E-state index is 12.2. The summed E-state index contributed by atoms with van der Waals surface area (Å²) in [6.07, 6.45) is 4.64. The number of nitrogens with zero attached hydrogens (tertiary/aromatic N) is 4. The smallest absolute Gasteiger partial charge is 0.303 e. The molecule has 2 aromatic heterocycles. The van der Waals surface area contributed by atoms with E-state index in [1.165, 1.54) is 0 Å². The number of aliphatic carboxylic acids is 1. The van der Waals surface area contributed by atoms with Crippen molar-refractivity contribution in [1.29, 1.82) is 0 Å². The number of carbonyl (C=O) groups excluding carboxylic acids is 1. The Morgan fingerprint density at radius 3 is 2.78 bits per heavy atom. The summed E-state index contributed by atoms with van der Waals surface area (Å²) in [5.74, 6) is -0.407. The monoisotopic (exact) mass is 316 g/mol. The van der Waals surface area contributed by atoms with E-state index in [0.29, 0.717) is 18.3 Å². The molecule has 23 heavy (non-hydrogen) atoms. The van der Waals surface area contributed by atoms with E-state index in [1.54, 1.807) is 29.4 Å². The fourth-order valence-electron chi connectivity index (χ4n) is 2.66. The number of carboxylic acid groups (broad SMARTS) is 1. The van der Waals surface area contributed by atoms with Crippen LogP contribution in [0.1, 0.15) is 37.6 Å². The Morgan fingerprint density at radius 1 is 1.26 bits per heavy atom. The Labute approximate surface area is 132 Å². The number of hydrogen-bond acceptors (Lipinski definition) is 6. The van der Waals surface area contributed by atoms with Gasteiger partial charge in [-0.2, -0.15) is 0 Å². The molecule has 8 nitrogen and oxygen atoms in total. The Hall–Kier alpha value is -2.77. The Kier molecular flexibility index (Phi) is 4.31. The van der Waals surface area contributed by atoms with Crippen LogP contribution in [0.3, 0.4) is 0 Å². The summed E-state index contributed by atoms with van der Waals surface area (Å²) in [4.78, 5) is 28.4. The molecule has 1 saturated heterocycles. The minimum Gasteiger partial charge on any atom is -0.481 e. The predicted molar refractivity (Wildman–Crippen MR) is 78.1 cm³/mol. The summed E-state index contributed by atoms with van der Waals surface area (Å²) >= 11 is 0. The van der Waals surface area contributed by atoms with Gasteiger partial charge in [0, 0.05) is 30.9 Å². The second-order valence-corrected chi connectivity index (χ2v) is 5.32. The molecule has 3 rings (SSSR count). The number of amides is 1. The van der Waals surface area contributed by atoms with Crippen LogP contribution in [0.25, 0.3) is 11.5 Å². The van der Waals surface area contributed by atoms with Crippen LogP contribution < -0.4 is 0 Å². The van der Waals surface area contributed by atoms with Crippen molar-refractivity contribution in [3.8, 4) is 11.5 Å². The zero-order valence-electron chi connectivity index (χ0n) is 12.4. The molecule has 1 unspecified atom stereocenters. The van der Waals surface area contributed by atoms with Crippen molar-refractivity contribution in [3.05, 3.63) is 30.4 Å².